The number of hydrogen-bond acceptors (Lipinski definition) is 0. The topological polar surface area (TPSA) is 0 Å². The molecule has 1 rings (SSSR count). The lowest BCUT2D eigenvalue weighted by Crippen LogP contribution is -2.08. The van der Waals surface area contributed by atoms with Crippen LogP contribution in [0.15, 0.2) is 11.6 Å². The second-order valence-electron chi connectivity index (χ2n) is 6.05. The molecular formula is C16H30. The Morgan fingerprint density at radius 1 is 1.12 bits per heavy atom. The summed E-state index contributed by atoms with van der Waals surface area (Å²) in [5.74, 6) is 2.00. The van der Waals surface area contributed by atoms with Gasteiger partial charge >= 0.3 is 0 Å². The van der Waals surface area contributed by atoms with Crippen LogP contribution < -0.4 is 0 Å². The Bertz CT molecular complexity index is 192. The van der Waals surface area contributed by atoms with E-state index in [0.29, 0.717) is 0 Å². The van der Waals surface area contributed by atoms with E-state index in [4.69, 9.17) is 0 Å². The summed E-state index contributed by atoms with van der Waals surface area (Å²) in [4.78, 5) is 0. The van der Waals surface area contributed by atoms with Crippen LogP contribution in [0.5, 0.6) is 0 Å². The van der Waals surface area contributed by atoms with E-state index >= 15 is 0 Å². The van der Waals surface area contributed by atoms with Crippen molar-refractivity contribution in [3.05, 3.63) is 11.6 Å². The lowest BCUT2D eigenvalue weighted by molar-refractivity contribution is 0.309. The molecule has 0 heterocycles. The predicted octanol–water partition coefficient (Wildman–Crippen LogP) is 5.73. The summed E-state index contributed by atoms with van der Waals surface area (Å²) in [6.45, 7) is 6.83. The summed E-state index contributed by atoms with van der Waals surface area (Å²) < 4.78 is 0. The SMILES string of the molecule is CC(C)=CCC[C@@H](C)CCC1CCCCC1. The Balaban J connectivity index is 2.04. The quantitative estimate of drug-likeness (QED) is 0.503. The highest BCUT2D eigenvalue weighted by Gasteiger charge is 2.14. The van der Waals surface area contributed by atoms with Crippen LogP contribution in [0.4, 0.5) is 0 Å². The lowest BCUT2D eigenvalue weighted by atomic mass is 9.84. The van der Waals surface area contributed by atoms with E-state index in [1.54, 1.807) is 0 Å². The molecule has 0 saturated heterocycles. The van der Waals surface area contributed by atoms with Crippen molar-refractivity contribution in [2.24, 2.45) is 11.8 Å². The van der Waals surface area contributed by atoms with Crippen molar-refractivity contribution in [3.8, 4) is 0 Å². The third-order valence-electron chi connectivity index (χ3n) is 4.00. The first-order chi connectivity index (χ1) is 7.68. The Labute approximate surface area is 103 Å². The predicted molar refractivity (Wildman–Crippen MR) is 73.6 cm³/mol. The van der Waals surface area contributed by atoms with Crippen LogP contribution in [0.3, 0.4) is 0 Å². The van der Waals surface area contributed by atoms with Crippen molar-refractivity contribution in [2.45, 2.75) is 78.6 Å². The van der Waals surface area contributed by atoms with Gasteiger partial charge < -0.3 is 0 Å². The minimum absolute atomic E-state index is 0.928. The van der Waals surface area contributed by atoms with Crippen molar-refractivity contribution < 1.29 is 0 Å². The second kappa shape index (κ2) is 7.92. The van der Waals surface area contributed by atoms with E-state index in [9.17, 15) is 0 Å². The zero-order valence-corrected chi connectivity index (χ0v) is 11.6. The fourth-order valence-electron chi connectivity index (χ4n) is 2.80. The summed E-state index contributed by atoms with van der Waals surface area (Å²) >= 11 is 0. The Hall–Kier alpha value is -0.260. The zero-order chi connectivity index (χ0) is 11.8. The highest BCUT2D eigenvalue weighted by atomic mass is 14.2. The molecule has 94 valence electrons. The fourth-order valence-corrected chi connectivity index (χ4v) is 2.80. The minimum Gasteiger partial charge on any atom is -0.0859 e. The van der Waals surface area contributed by atoms with Gasteiger partial charge in [0.15, 0.2) is 0 Å². The van der Waals surface area contributed by atoms with Crippen molar-refractivity contribution >= 4 is 0 Å². The van der Waals surface area contributed by atoms with Gasteiger partial charge in [0, 0.05) is 0 Å². The van der Waals surface area contributed by atoms with Gasteiger partial charge in [-0.05, 0) is 38.5 Å². The van der Waals surface area contributed by atoms with E-state index in [-0.39, 0.29) is 0 Å². The van der Waals surface area contributed by atoms with Crippen LogP contribution in [0, 0.1) is 11.8 Å². The Morgan fingerprint density at radius 2 is 1.81 bits per heavy atom. The molecule has 1 fully saturated rings. The molecule has 1 atom stereocenters. The molecule has 0 N–H and O–H groups in total. The maximum Gasteiger partial charge on any atom is -0.0346 e. The van der Waals surface area contributed by atoms with E-state index < -0.39 is 0 Å². The smallest absolute Gasteiger partial charge is 0.0346 e. The van der Waals surface area contributed by atoms with Crippen molar-refractivity contribution in [3.63, 3.8) is 0 Å². The molecular weight excluding hydrogens is 192 g/mol. The Morgan fingerprint density at radius 3 is 2.44 bits per heavy atom. The van der Waals surface area contributed by atoms with Crippen LogP contribution in [0.25, 0.3) is 0 Å². The molecule has 0 aromatic carbocycles. The molecule has 0 heteroatoms. The van der Waals surface area contributed by atoms with E-state index in [2.05, 4.69) is 26.8 Å². The van der Waals surface area contributed by atoms with Crippen LogP contribution in [-0.2, 0) is 0 Å². The van der Waals surface area contributed by atoms with Crippen molar-refractivity contribution in [2.75, 3.05) is 0 Å². The second-order valence-corrected chi connectivity index (χ2v) is 6.05. The van der Waals surface area contributed by atoms with Crippen LogP contribution in [0.2, 0.25) is 0 Å². The molecule has 0 bridgehead atoms. The molecule has 0 nitrogen and oxygen atoms in total. The fraction of sp³-hybridized carbons (Fsp3) is 0.875. The monoisotopic (exact) mass is 222 g/mol. The van der Waals surface area contributed by atoms with Gasteiger partial charge in [-0.25, -0.2) is 0 Å². The summed E-state index contributed by atoms with van der Waals surface area (Å²) in [6, 6.07) is 0. The van der Waals surface area contributed by atoms with Gasteiger partial charge in [-0.2, -0.15) is 0 Å². The van der Waals surface area contributed by atoms with Gasteiger partial charge in [-0.15, -0.1) is 0 Å². The molecule has 0 aromatic rings. The van der Waals surface area contributed by atoms with Gasteiger partial charge in [-0.3, -0.25) is 0 Å². The zero-order valence-electron chi connectivity index (χ0n) is 11.6. The molecule has 0 spiro atoms. The summed E-state index contributed by atoms with van der Waals surface area (Å²) in [6.07, 6.45) is 15.5. The van der Waals surface area contributed by atoms with Gasteiger partial charge in [0.1, 0.15) is 0 Å². The van der Waals surface area contributed by atoms with Gasteiger partial charge in [0.2, 0.25) is 0 Å². The molecule has 0 aromatic heterocycles. The first kappa shape index (κ1) is 13.8. The normalized spacial score (nSPS) is 19.4. The molecule has 0 aliphatic heterocycles. The van der Waals surface area contributed by atoms with Gasteiger partial charge in [-0.1, -0.05) is 63.5 Å². The maximum atomic E-state index is 2.43. The molecule has 1 saturated carbocycles. The highest BCUT2D eigenvalue weighted by Crippen LogP contribution is 2.29. The first-order valence-corrected chi connectivity index (χ1v) is 7.32. The molecule has 0 unspecified atom stereocenters. The summed E-state index contributed by atoms with van der Waals surface area (Å²) in [5.41, 5.74) is 1.47. The van der Waals surface area contributed by atoms with Crippen molar-refractivity contribution in [1.29, 1.82) is 0 Å². The Kier molecular flexibility index (Phi) is 6.84. The maximum absolute atomic E-state index is 2.43. The largest absolute Gasteiger partial charge is 0.0859 e. The third-order valence-corrected chi connectivity index (χ3v) is 4.00. The number of rotatable bonds is 6. The minimum atomic E-state index is 0.928. The molecule has 0 radical (unpaired) electrons. The summed E-state index contributed by atoms with van der Waals surface area (Å²) in [7, 11) is 0. The third kappa shape index (κ3) is 6.35. The number of hydrogen-bond donors (Lipinski definition) is 0. The van der Waals surface area contributed by atoms with Gasteiger partial charge in [0.25, 0.3) is 0 Å². The van der Waals surface area contributed by atoms with E-state index in [1.165, 1.54) is 63.4 Å². The standard InChI is InChI=1S/C16H30/c1-14(2)8-7-9-15(3)12-13-16-10-5-4-6-11-16/h8,15-16H,4-7,9-13H2,1-3H3/t15-/m1/s1. The summed E-state index contributed by atoms with van der Waals surface area (Å²) in [5, 5.41) is 0. The average Bonchev–Trinajstić information content (AvgIpc) is 2.27. The lowest BCUT2D eigenvalue weighted by Gasteiger charge is -2.22. The molecule has 0 amide bonds. The first-order valence-electron chi connectivity index (χ1n) is 7.32. The van der Waals surface area contributed by atoms with Crippen LogP contribution in [0.1, 0.15) is 78.6 Å². The van der Waals surface area contributed by atoms with Crippen LogP contribution >= 0.6 is 0 Å². The van der Waals surface area contributed by atoms with Crippen molar-refractivity contribution in [1.82, 2.24) is 0 Å². The molecule has 1 aliphatic carbocycles. The van der Waals surface area contributed by atoms with Gasteiger partial charge in [0.05, 0.1) is 0 Å². The van der Waals surface area contributed by atoms with E-state index in [0.717, 1.165) is 11.8 Å². The van der Waals surface area contributed by atoms with E-state index in [1.807, 2.05) is 0 Å². The molecule has 1 aliphatic rings. The van der Waals surface area contributed by atoms with Crippen LogP contribution in [-0.4, -0.2) is 0 Å². The number of allylic oxidation sites excluding steroid dienone is 2. The highest BCUT2D eigenvalue weighted by molar-refractivity contribution is 4.92. The molecule has 16 heavy (non-hydrogen) atoms. The average molecular weight is 222 g/mol.